The van der Waals surface area contributed by atoms with Crippen molar-refractivity contribution in [2.24, 2.45) is 5.92 Å². The van der Waals surface area contributed by atoms with Gasteiger partial charge in [0, 0.05) is 6.04 Å². The molecular formula is C18H20N2O4S. The van der Waals surface area contributed by atoms with Gasteiger partial charge in [-0.1, -0.05) is 44.2 Å². The largest absolute Gasteiger partial charge is 0.482 e. The fraction of sp³-hybridized carbons (Fsp3) is 0.278. The molecule has 1 atom stereocenters. The molecule has 0 bridgehead atoms. The van der Waals surface area contributed by atoms with Crippen molar-refractivity contribution in [3.8, 4) is 5.75 Å². The Labute approximate surface area is 147 Å². The Hall–Kier alpha value is -2.38. The van der Waals surface area contributed by atoms with Crippen LogP contribution in [-0.4, -0.2) is 20.9 Å². The second-order valence-corrected chi connectivity index (χ2v) is 7.96. The second-order valence-electron chi connectivity index (χ2n) is 6.25. The summed E-state index contributed by atoms with van der Waals surface area (Å²) < 4.78 is 33.7. The minimum Gasteiger partial charge on any atom is -0.482 e. The quantitative estimate of drug-likeness (QED) is 0.859. The Morgan fingerprint density at radius 1 is 1.12 bits per heavy atom. The van der Waals surface area contributed by atoms with E-state index in [9.17, 15) is 13.2 Å². The minimum atomic E-state index is -3.76. The van der Waals surface area contributed by atoms with E-state index < -0.39 is 10.0 Å². The van der Waals surface area contributed by atoms with E-state index in [2.05, 4.69) is 10.0 Å². The Morgan fingerprint density at radius 2 is 1.84 bits per heavy atom. The molecule has 0 radical (unpaired) electrons. The van der Waals surface area contributed by atoms with Gasteiger partial charge in [-0.2, -0.15) is 0 Å². The van der Waals surface area contributed by atoms with Crippen molar-refractivity contribution in [2.75, 3.05) is 11.9 Å². The van der Waals surface area contributed by atoms with Crippen LogP contribution < -0.4 is 14.8 Å². The van der Waals surface area contributed by atoms with Crippen molar-refractivity contribution < 1.29 is 17.9 Å². The Balaban J connectivity index is 1.91. The second kappa shape index (κ2) is 6.85. The van der Waals surface area contributed by atoms with E-state index in [1.54, 1.807) is 6.07 Å². The topological polar surface area (TPSA) is 84.5 Å². The molecule has 0 aromatic heterocycles. The SMILES string of the molecule is CC(C)C(NS(=O)(=O)c1ccc2c(c1)NC(=O)CO2)c1ccccc1. The lowest BCUT2D eigenvalue weighted by atomic mass is 9.97. The molecule has 7 heteroatoms. The van der Waals surface area contributed by atoms with Gasteiger partial charge in [-0.15, -0.1) is 0 Å². The van der Waals surface area contributed by atoms with Crippen LogP contribution in [-0.2, 0) is 14.8 Å². The fourth-order valence-electron chi connectivity index (χ4n) is 2.71. The molecule has 1 unspecified atom stereocenters. The summed E-state index contributed by atoms with van der Waals surface area (Å²) in [7, 11) is -3.76. The third-order valence-corrected chi connectivity index (χ3v) is 5.44. The average molecular weight is 360 g/mol. The molecular weight excluding hydrogens is 340 g/mol. The molecule has 0 aliphatic carbocycles. The molecule has 0 spiro atoms. The lowest BCUT2D eigenvalue weighted by Crippen LogP contribution is -2.32. The number of hydrogen-bond donors (Lipinski definition) is 2. The first-order chi connectivity index (χ1) is 11.9. The van der Waals surface area contributed by atoms with E-state index in [0.29, 0.717) is 11.4 Å². The average Bonchev–Trinajstić information content (AvgIpc) is 2.59. The van der Waals surface area contributed by atoms with Crippen molar-refractivity contribution in [1.29, 1.82) is 0 Å². The van der Waals surface area contributed by atoms with Crippen molar-refractivity contribution in [3.63, 3.8) is 0 Å². The number of carbonyl (C=O) groups excluding carboxylic acids is 1. The van der Waals surface area contributed by atoms with Crippen molar-refractivity contribution in [2.45, 2.75) is 24.8 Å². The summed E-state index contributed by atoms with van der Waals surface area (Å²) in [4.78, 5) is 11.5. The highest BCUT2D eigenvalue weighted by Crippen LogP contribution is 2.31. The highest BCUT2D eigenvalue weighted by molar-refractivity contribution is 7.89. The Bertz CT molecular complexity index is 879. The number of amides is 1. The number of ether oxygens (including phenoxy) is 1. The van der Waals surface area contributed by atoms with Crippen LogP contribution >= 0.6 is 0 Å². The summed E-state index contributed by atoms with van der Waals surface area (Å²) in [6, 6.07) is 13.5. The smallest absolute Gasteiger partial charge is 0.262 e. The van der Waals surface area contributed by atoms with Crippen LogP contribution in [0.25, 0.3) is 0 Å². The fourth-order valence-corrected chi connectivity index (χ4v) is 4.11. The van der Waals surface area contributed by atoms with E-state index in [1.807, 2.05) is 44.2 Å². The van der Waals surface area contributed by atoms with Crippen LogP contribution in [0.3, 0.4) is 0 Å². The van der Waals surface area contributed by atoms with E-state index in [4.69, 9.17) is 4.74 Å². The minimum absolute atomic E-state index is 0.0674. The molecule has 3 rings (SSSR count). The van der Waals surface area contributed by atoms with Crippen LogP contribution in [0, 0.1) is 5.92 Å². The first-order valence-corrected chi connectivity index (χ1v) is 9.49. The highest BCUT2D eigenvalue weighted by Gasteiger charge is 2.25. The van der Waals surface area contributed by atoms with Gasteiger partial charge in [0.1, 0.15) is 5.75 Å². The van der Waals surface area contributed by atoms with Gasteiger partial charge in [0.2, 0.25) is 10.0 Å². The number of rotatable bonds is 5. The van der Waals surface area contributed by atoms with Gasteiger partial charge >= 0.3 is 0 Å². The monoisotopic (exact) mass is 360 g/mol. The Kier molecular flexibility index (Phi) is 4.78. The molecule has 0 saturated carbocycles. The number of nitrogens with one attached hydrogen (secondary N) is 2. The molecule has 0 saturated heterocycles. The standard InChI is InChI=1S/C18H20N2O4S/c1-12(2)18(13-6-4-3-5-7-13)20-25(22,23)14-8-9-16-15(10-14)19-17(21)11-24-16/h3-10,12,18,20H,11H2,1-2H3,(H,19,21). The lowest BCUT2D eigenvalue weighted by molar-refractivity contribution is -0.118. The van der Waals surface area contributed by atoms with Gasteiger partial charge < -0.3 is 10.1 Å². The number of sulfonamides is 1. The van der Waals surface area contributed by atoms with Crippen LogP contribution in [0.2, 0.25) is 0 Å². The van der Waals surface area contributed by atoms with Gasteiger partial charge in [0.05, 0.1) is 10.6 Å². The van der Waals surface area contributed by atoms with Crippen molar-refractivity contribution >= 4 is 21.6 Å². The van der Waals surface area contributed by atoms with E-state index in [-0.39, 0.29) is 29.4 Å². The van der Waals surface area contributed by atoms with Gasteiger partial charge in [-0.25, -0.2) is 13.1 Å². The first-order valence-electron chi connectivity index (χ1n) is 8.01. The summed E-state index contributed by atoms with van der Waals surface area (Å²) in [5.74, 6) is 0.221. The van der Waals surface area contributed by atoms with Crippen molar-refractivity contribution in [3.05, 3.63) is 54.1 Å². The molecule has 132 valence electrons. The molecule has 1 amide bonds. The first kappa shape index (κ1) is 17.4. The van der Waals surface area contributed by atoms with E-state index in [0.717, 1.165) is 5.56 Å². The van der Waals surface area contributed by atoms with Gasteiger partial charge in [-0.3, -0.25) is 4.79 Å². The summed E-state index contributed by atoms with van der Waals surface area (Å²) in [6.45, 7) is 3.85. The van der Waals surface area contributed by atoms with E-state index in [1.165, 1.54) is 12.1 Å². The number of hydrogen-bond acceptors (Lipinski definition) is 4. The van der Waals surface area contributed by atoms with Crippen LogP contribution in [0.4, 0.5) is 5.69 Å². The van der Waals surface area contributed by atoms with Crippen LogP contribution in [0.1, 0.15) is 25.5 Å². The predicted molar refractivity (Wildman–Crippen MR) is 94.9 cm³/mol. The molecule has 2 aromatic carbocycles. The number of carbonyl (C=O) groups is 1. The summed E-state index contributed by atoms with van der Waals surface area (Å²) in [6.07, 6.45) is 0. The number of anilines is 1. The molecule has 25 heavy (non-hydrogen) atoms. The van der Waals surface area contributed by atoms with E-state index >= 15 is 0 Å². The molecule has 1 aliphatic heterocycles. The molecule has 1 aliphatic rings. The zero-order chi connectivity index (χ0) is 18.0. The van der Waals surface area contributed by atoms with Crippen LogP contribution in [0.15, 0.2) is 53.4 Å². The predicted octanol–water partition coefficient (Wildman–Crippen LogP) is 2.69. The maximum Gasteiger partial charge on any atom is 0.262 e. The number of fused-ring (bicyclic) bond motifs is 1. The summed E-state index contributed by atoms with van der Waals surface area (Å²) in [5.41, 5.74) is 1.26. The van der Waals surface area contributed by atoms with Gasteiger partial charge in [0.15, 0.2) is 6.61 Å². The normalized spacial score (nSPS) is 15.2. The van der Waals surface area contributed by atoms with Crippen molar-refractivity contribution in [1.82, 2.24) is 4.72 Å². The summed E-state index contributed by atoms with van der Waals surface area (Å²) in [5, 5.41) is 2.62. The third-order valence-electron chi connectivity index (χ3n) is 4.00. The van der Waals surface area contributed by atoms with Crippen LogP contribution in [0.5, 0.6) is 5.75 Å². The molecule has 1 heterocycles. The molecule has 2 aromatic rings. The molecule has 2 N–H and O–H groups in total. The van der Waals surface area contributed by atoms with Gasteiger partial charge in [0.25, 0.3) is 5.91 Å². The maximum atomic E-state index is 12.8. The zero-order valence-electron chi connectivity index (χ0n) is 14.0. The summed E-state index contributed by atoms with van der Waals surface area (Å²) >= 11 is 0. The third kappa shape index (κ3) is 3.83. The lowest BCUT2D eigenvalue weighted by Gasteiger charge is -2.23. The highest BCUT2D eigenvalue weighted by atomic mass is 32.2. The maximum absolute atomic E-state index is 12.8. The van der Waals surface area contributed by atoms with Gasteiger partial charge in [-0.05, 0) is 29.7 Å². The zero-order valence-corrected chi connectivity index (χ0v) is 14.8. The molecule has 0 fully saturated rings. The Morgan fingerprint density at radius 3 is 2.52 bits per heavy atom. The molecule has 6 nitrogen and oxygen atoms in total. The number of benzene rings is 2.